The lowest BCUT2D eigenvalue weighted by Gasteiger charge is -2.30. The van der Waals surface area contributed by atoms with Crippen LogP contribution >= 0.6 is 11.3 Å². The van der Waals surface area contributed by atoms with Crippen LogP contribution in [0.1, 0.15) is 42.6 Å². The van der Waals surface area contributed by atoms with E-state index in [2.05, 4.69) is 45.3 Å². The van der Waals surface area contributed by atoms with Gasteiger partial charge in [0.2, 0.25) is 0 Å². The number of hydrogen-bond acceptors (Lipinski definition) is 8. The lowest BCUT2D eigenvalue weighted by atomic mass is 9.99. The summed E-state index contributed by atoms with van der Waals surface area (Å²) < 4.78 is 6.33. The van der Waals surface area contributed by atoms with Crippen molar-refractivity contribution in [2.24, 2.45) is 5.92 Å². The van der Waals surface area contributed by atoms with Crippen molar-refractivity contribution in [1.29, 1.82) is 0 Å². The summed E-state index contributed by atoms with van der Waals surface area (Å²) in [6.07, 6.45) is 4.05. The molecule has 1 saturated heterocycles. The zero-order valence-electron chi connectivity index (χ0n) is 20.0. The minimum absolute atomic E-state index is 0.276. The number of nitrogens with one attached hydrogen (secondary N) is 1. The van der Waals surface area contributed by atoms with Crippen LogP contribution in [0.25, 0.3) is 21.6 Å². The van der Waals surface area contributed by atoms with Crippen LogP contribution in [0.5, 0.6) is 0 Å². The van der Waals surface area contributed by atoms with Crippen molar-refractivity contribution in [3.8, 4) is 11.4 Å². The molecule has 3 heterocycles. The van der Waals surface area contributed by atoms with E-state index in [1.54, 1.807) is 18.3 Å². The molecule has 2 aromatic carbocycles. The second-order valence-electron chi connectivity index (χ2n) is 8.95. The summed E-state index contributed by atoms with van der Waals surface area (Å²) in [5, 5.41) is 3.94. The van der Waals surface area contributed by atoms with Crippen molar-refractivity contribution in [2.75, 3.05) is 25.0 Å². The second-order valence-corrected chi connectivity index (χ2v) is 9.98. The van der Waals surface area contributed by atoms with Crippen molar-refractivity contribution in [3.05, 3.63) is 65.9 Å². The molecule has 4 aromatic rings. The van der Waals surface area contributed by atoms with E-state index in [1.807, 2.05) is 30.3 Å². The number of fused-ring (bicyclic) bond motifs is 1. The fraction of sp³-hybridized carbons (Fsp3) is 0.333. The monoisotopic (exact) mass is 487 g/mol. The Labute approximate surface area is 209 Å². The van der Waals surface area contributed by atoms with E-state index in [0.717, 1.165) is 41.3 Å². The van der Waals surface area contributed by atoms with Gasteiger partial charge in [-0.2, -0.15) is 0 Å². The van der Waals surface area contributed by atoms with Crippen molar-refractivity contribution in [1.82, 2.24) is 19.9 Å². The molecule has 0 spiro atoms. The van der Waals surface area contributed by atoms with E-state index in [0.29, 0.717) is 16.8 Å². The first-order valence-electron chi connectivity index (χ1n) is 12.1. The predicted octanol–water partition coefficient (Wildman–Crippen LogP) is 5.91. The number of aromatic nitrogens is 3. The van der Waals surface area contributed by atoms with Crippen LogP contribution in [0.2, 0.25) is 0 Å². The summed E-state index contributed by atoms with van der Waals surface area (Å²) >= 11 is 1.55. The van der Waals surface area contributed by atoms with Gasteiger partial charge in [0.05, 0.1) is 16.8 Å². The number of benzene rings is 2. The first kappa shape index (κ1) is 23.4. The highest BCUT2D eigenvalue weighted by atomic mass is 32.1. The minimum atomic E-state index is -0.464. The first-order chi connectivity index (χ1) is 17.1. The van der Waals surface area contributed by atoms with Crippen LogP contribution < -0.4 is 5.32 Å². The number of nitrogens with zero attached hydrogens (tertiary/aromatic N) is 4. The van der Waals surface area contributed by atoms with E-state index in [-0.39, 0.29) is 12.2 Å². The molecule has 1 N–H and O–H groups in total. The van der Waals surface area contributed by atoms with Gasteiger partial charge < -0.3 is 10.1 Å². The maximum Gasteiger partial charge on any atom is 0.343 e. The summed E-state index contributed by atoms with van der Waals surface area (Å²) in [6, 6.07) is 16.1. The van der Waals surface area contributed by atoms with Crippen LogP contribution in [0, 0.1) is 5.92 Å². The number of esters is 1. The molecule has 1 aliphatic rings. The number of likely N-dealkylation sites (tertiary alicyclic amines) is 1. The number of thiazole rings is 1. The van der Waals surface area contributed by atoms with E-state index in [4.69, 9.17) is 9.72 Å². The topological polar surface area (TPSA) is 80.2 Å². The third-order valence-corrected chi connectivity index (χ3v) is 7.21. The molecular weight excluding hydrogens is 458 g/mol. The number of ether oxygens (including phenoxy) is 1. The summed E-state index contributed by atoms with van der Waals surface area (Å²) in [5.74, 6) is 1.28. The Kier molecular flexibility index (Phi) is 7.01. The molecule has 2 aromatic heterocycles. The average molecular weight is 488 g/mol. The quantitative estimate of drug-likeness (QED) is 0.325. The zero-order valence-corrected chi connectivity index (χ0v) is 20.8. The van der Waals surface area contributed by atoms with Gasteiger partial charge in [-0.15, -0.1) is 0 Å². The van der Waals surface area contributed by atoms with Crippen LogP contribution in [-0.4, -0.2) is 45.5 Å². The SMILES string of the molecule is CCOC(=O)c1cnc(-c2ccccc2)nc1Nc1nc2ccc(CN3CCC(C)CC3)cc2s1. The molecule has 0 saturated carbocycles. The van der Waals surface area contributed by atoms with Crippen LogP contribution in [0.4, 0.5) is 10.9 Å². The Morgan fingerprint density at radius 2 is 1.94 bits per heavy atom. The molecule has 0 amide bonds. The molecule has 35 heavy (non-hydrogen) atoms. The number of carbonyl (C=O) groups excluding carboxylic acids is 1. The number of carbonyl (C=O) groups is 1. The van der Waals surface area contributed by atoms with Crippen molar-refractivity contribution in [2.45, 2.75) is 33.2 Å². The molecule has 7 nitrogen and oxygen atoms in total. The van der Waals surface area contributed by atoms with E-state index >= 15 is 0 Å². The molecule has 180 valence electrons. The molecule has 0 bridgehead atoms. The highest BCUT2D eigenvalue weighted by Gasteiger charge is 2.19. The van der Waals surface area contributed by atoms with E-state index < -0.39 is 5.97 Å². The summed E-state index contributed by atoms with van der Waals surface area (Å²) in [4.78, 5) is 28.9. The number of anilines is 2. The smallest absolute Gasteiger partial charge is 0.343 e. The lowest BCUT2D eigenvalue weighted by molar-refractivity contribution is 0.0526. The predicted molar refractivity (Wildman–Crippen MR) is 140 cm³/mol. The van der Waals surface area contributed by atoms with Crippen molar-refractivity contribution >= 4 is 38.5 Å². The molecule has 1 fully saturated rings. The number of rotatable bonds is 7. The third-order valence-electron chi connectivity index (χ3n) is 6.28. The fourth-order valence-corrected chi connectivity index (χ4v) is 5.19. The van der Waals surface area contributed by atoms with Gasteiger partial charge in [0.25, 0.3) is 0 Å². The Morgan fingerprint density at radius 1 is 1.14 bits per heavy atom. The maximum absolute atomic E-state index is 12.6. The fourth-order valence-electron chi connectivity index (χ4n) is 4.26. The van der Waals surface area contributed by atoms with E-state index in [9.17, 15) is 4.79 Å². The van der Waals surface area contributed by atoms with Gasteiger partial charge in [-0.25, -0.2) is 19.7 Å². The van der Waals surface area contributed by atoms with Gasteiger partial charge in [-0.3, -0.25) is 4.90 Å². The Hall–Kier alpha value is -3.36. The van der Waals surface area contributed by atoms with Gasteiger partial charge in [0.15, 0.2) is 16.8 Å². The van der Waals surface area contributed by atoms with Gasteiger partial charge >= 0.3 is 5.97 Å². The number of piperidine rings is 1. The Morgan fingerprint density at radius 3 is 2.71 bits per heavy atom. The Bertz CT molecular complexity index is 1320. The summed E-state index contributed by atoms with van der Waals surface area (Å²) in [5.41, 5.74) is 3.37. The molecule has 0 atom stereocenters. The molecule has 0 aliphatic carbocycles. The first-order valence-corrected chi connectivity index (χ1v) is 12.9. The molecular formula is C27H29N5O2S. The lowest BCUT2D eigenvalue weighted by Crippen LogP contribution is -2.32. The number of hydrogen-bond donors (Lipinski definition) is 1. The molecule has 0 unspecified atom stereocenters. The molecule has 0 radical (unpaired) electrons. The summed E-state index contributed by atoms with van der Waals surface area (Å²) in [6.45, 7) is 7.66. The largest absolute Gasteiger partial charge is 0.462 e. The highest BCUT2D eigenvalue weighted by molar-refractivity contribution is 7.22. The second kappa shape index (κ2) is 10.5. The maximum atomic E-state index is 12.6. The van der Waals surface area contributed by atoms with Gasteiger partial charge in [-0.05, 0) is 56.5 Å². The van der Waals surface area contributed by atoms with Gasteiger partial charge in [0, 0.05) is 18.3 Å². The molecule has 5 rings (SSSR count). The van der Waals surface area contributed by atoms with Crippen molar-refractivity contribution < 1.29 is 9.53 Å². The van der Waals surface area contributed by atoms with Crippen LogP contribution in [0.3, 0.4) is 0 Å². The normalized spacial score (nSPS) is 14.8. The van der Waals surface area contributed by atoms with Gasteiger partial charge in [0.1, 0.15) is 5.56 Å². The highest BCUT2D eigenvalue weighted by Crippen LogP contribution is 2.31. The van der Waals surface area contributed by atoms with E-state index in [1.165, 1.54) is 24.6 Å². The van der Waals surface area contributed by atoms with Gasteiger partial charge in [-0.1, -0.05) is 54.7 Å². The Balaban J connectivity index is 1.41. The molecule has 1 aliphatic heterocycles. The minimum Gasteiger partial charge on any atom is -0.462 e. The van der Waals surface area contributed by atoms with Crippen LogP contribution in [-0.2, 0) is 11.3 Å². The third kappa shape index (κ3) is 5.49. The zero-order chi connectivity index (χ0) is 24.2. The summed E-state index contributed by atoms with van der Waals surface area (Å²) in [7, 11) is 0. The van der Waals surface area contributed by atoms with Crippen molar-refractivity contribution in [3.63, 3.8) is 0 Å². The molecule has 8 heteroatoms. The standard InChI is InChI=1S/C27H29N5O2S/c1-3-34-26(33)21-16-28-24(20-7-5-4-6-8-20)30-25(21)31-27-29-22-10-9-19(15-23(22)35-27)17-32-13-11-18(2)12-14-32/h4-10,15-16,18H,3,11-14,17H2,1-2H3,(H,28,29,30,31). The van der Waals surface area contributed by atoms with Crippen LogP contribution in [0.15, 0.2) is 54.7 Å². The average Bonchev–Trinajstić information content (AvgIpc) is 3.27.